The number of carbonyl (C=O) groups is 2. The molecule has 3 saturated heterocycles. The summed E-state index contributed by atoms with van der Waals surface area (Å²) in [6.07, 6.45) is 2.75. The molecule has 4 aliphatic rings. The maximum atomic E-state index is 13.5. The molecule has 5 heterocycles. The quantitative estimate of drug-likeness (QED) is 0.189. The Morgan fingerprint density at radius 2 is 1.77 bits per heavy atom. The van der Waals surface area contributed by atoms with Gasteiger partial charge in [-0.1, -0.05) is 41.9 Å². The molecule has 12 heteroatoms. The summed E-state index contributed by atoms with van der Waals surface area (Å²) < 4.78 is 8.21. The fourth-order valence-corrected chi connectivity index (χ4v) is 8.38. The van der Waals surface area contributed by atoms with Crippen molar-refractivity contribution < 1.29 is 14.3 Å². The standard InChI is InChI=1S/C40H49ClN8O3/c1-40(2,3)52-39(51)48-21-26-20-30(48)36(26)49-31(15-16-32(50)46(6)7)43-35-37(49)29-19-25(14-11-17-42)33(41)28(18-24-12-9-8-10-13-24)34(29)44-38(35)47-22-27(23-47)45(4)5/h8-10,12-13,19,26-27,30,36H,11,14-16,18,20-23H2,1-7H3. The van der Waals surface area contributed by atoms with E-state index in [1.54, 1.807) is 19.0 Å². The summed E-state index contributed by atoms with van der Waals surface area (Å²) in [4.78, 5) is 45.4. The Bertz CT molecular complexity index is 2060. The summed E-state index contributed by atoms with van der Waals surface area (Å²) in [5.41, 5.74) is 4.91. The van der Waals surface area contributed by atoms with Crippen LogP contribution in [0.4, 0.5) is 10.6 Å². The third-order valence-electron chi connectivity index (χ3n) is 10.9. The van der Waals surface area contributed by atoms with Gasteiger partial charge in [0.05, 0.1) is 29.2 Å². The molecular formula is C40H49ClN8O3. The number of likely N-dealkylation sites (N-methyl/N-ethyl adjacent to an activating group) is 1. The number of nitriles is 1. The van der Waals surface area contributed by atoms with Crippen LogP contribution in [-0.2, 0) is 28.8 Å². The lowest BCUT2D eigenvalue weighted by Crippen LogP contribution is -2.57. The van der Waals surface area contributed by atoms with Crippen molar-refractivity contribution in [3.05, 3.63) is 63.9 Å². The zero-order valence-electron chi connectivity index (χ0n) is 31.3. The van der Waals surface area contributed by atoms with Gasteiger partial charge in [0.1, 0.15) is 16.9 Å². The number of rotatable bonds is 10. The van der Waals surface area contributed by atoms with Crippen molar-refractivity contribution in [2.24, 2.45) is 5.92 Å². The van der Waals surface area contributed by atoms with E-state index in [0.717, 1.165) is 69.8 Å². The van der Waals surface area contributed by atoms with E-state index in [1.807, 2.05) is 43.9 Å². The van der Waals surface area contributed by atoms with Gasteiger partial charge in [0.15, 0.2) is 5.82 Å². The molecule has 1 saturated carbocycles. The maximum Gasteiger partial charge on any atom is 0.410 e. The predicted octanol–water partition coefficient (Wildman–Crippen LogP) is 6.24. The fourth-order valence-electron chi connectivity index (χ4n) is 8.08. The molecule has 0 radical (unpaired) electrons. The molecule has 3 unspecified atom stereocenters. The third kappa shape index (κ3) is 6.56. The molecule has 2 bridgehead atoms. The Morgan fingerprint density at radius 3 is 2.42 bits per heavy atom. The number of carbonyl (C=O) groups excluding carboxylic acids is 2. The molecule has 4 fully saturated rings. The van der Waals surface area contributed by atoms with Gasteiger partial charge >= 0.3 is 6.09 Å². The molecule has 8 rings (SSSR count). The topological polar surface area (TPSA) is 111 Å². The number of ether oxygens (including phenoxy) is 1. The van der Waals surface area contributed by atoms with E-state index >= 15 is 0 Å². The molecule has 274 valence electrons. The van der Waals surface area contributed by atoms with Crippen molar-refractivity contribution in [1.82, 2.24) is 29.2 Å². The number of imidazole rings is 1. The summed E-state index contributed by atoms with van der Waals surface area (Å²) in [6.45, 7) is 7.91. The van der Waals surface area contributed by atoms with Gasteiger partial charge in [0, 0.05) is 87.3 Å². The van der Waals surface area contributed by atoms with Gasteiger partial charge < -0.3 is 28.9 Å². The number of aromatic nitrogens is 3. The van der Waals surface area contributed by atoms with Gasteiger partial charge in [-0.05, 0) is 64.9 Å². The first-order valence-electron chi connectivity index (χ1n) is 18.3. The number of anilines is 1. The maximum absolute atomic E-state index is 13.5. The number of amides is 2. The number of nitrogens with zero attached hydrogens (tertiary/aromatic N) is 8. The Kier molecular flexibility index (Phi) is 9.59. The highest BCUT2D eigenvalue weighted by molar-refractivity contribution is 6.33. The minimum atomic E-state index is -0.606. The smallest absolute Gasteiger partial charge is 0.410 e. The molecule has 0 N–H and O–H groups in total. The minimum Gasteiger partial charge on any atom is -0.444 e. The van der Waals surface area contributed by atoms with Gasteiger partial charge in [-0.3, -0.25) is 4.79 Å². The first-order chi connectivity index (χ1) is 24.8. The largest absolute Gasteiger partial charge is 0.444 e. The Hall–Kier alpha value is -4.40. The van der Waals surface area contributed by atoms with Crippen molar-refractivity contribution in [3.63, 3.8) is 0 Å². The molecular weight excluding hydrogens is 676 g/mol. The van der Waals surface area contributed by atoms with Crippen LogP contribution in [0, 0.1) is 17.2 Å². The number of hydrogen-bond donors (Lipinski definition) is 0. The molecule has 4 aromatic rings. The zero-order valence-corrected chi connectivity index (χ0v) is 32.1. The summed E-state index contributed by atoms with van der Waals surface area (Å²) >= 11 is 7.30. The number of benzene rings is 2. The van der Waals surface area contributed by atoms with E-state index in [0.29, 0.717) is 49.7 Å². The van der Waals surface area contributed by atoms with Crippen LogP contribution in [-0.4, -0.2) is 107 Å². The van der Waals surface area contributed by atoms with E-state index < -0.39 is 5.60 Å². The lowest BCUT2D eigenvalue weighted by atomic mass is 9.79. The second-order valence-electron chi connectivity index (χ2n) is 16.1. The van der Waals surface area contributed by atoms with E-state index in [9.17, 15) is 14.9 Å². The van der Waals surface area contributed by atoms with Gasteiger partial charge in [-0.15, -0.1) is 0 Å². The van der Waals surface area contributed by atoms with Crippen molar-refractivity contribution in [1.29, 1.82) is 5.26 Å². The van der Waals surface area contributed by atoms with Crippen LogP contribution in [0.15, 0.2) is 36.4 Å². The second kappa shape index (κ2) is 13.9. The Balaban J connectivity index is 1.48. The van der Waals surface area contributed by atoms with Crippen LogP contribution >= 0.6 is 11.6 Å². The normalized spacial score (nSPS) is 20.0. The molecule has 1 aliphatic carbocycles. The summed E-state index contributed by atoms with van der Waals surface area (Å²) in [7, 11) is 7.75. The van der Waals surface area contributed by atoms with Crippen molar-refractivity contribution in [2.75, 3.05) is 52.7 Å². The molecule has 3 atom stereocenters. The van der Waals surface area contributed by atoms with Crippen LogP contribution in [0.3, 0.4) is 0 Å². The van der Waals surface area contributed by atoms with Crippen molar-refractivity contribution >= 4 is 51.4 Å². The Morgan fingerprint density at radius 1 is 1.04 bits per heavy atom. The molecule has 3 aliphatic heterocycles. The van der Waals surface area contributed by atoms with Crippen LogP contribution in [0.2, 0.25) is 5.02 Å². The number of pyridine rings is 1. The molecule has 11 nitrogen and oxygen atoms in total. The number of fused-ring (bicyclic) bond motifs is 4. The van der Waals surface area contributed by atoms with Gasteiger partial charge in [0.25, 0.3) is 0 Å². The lowest BCUT2D eigenvalue weighted by molar-refractivity contribution is -0.128. The van der Waals surface area contributed by atoms with Gasteiger partial charge in [-0.2, -0.15) is 5.26 Å². The average molecular weight is 725 g/mol. The van der Waals surface area contributed by atoms with Crippen LogP contribution in [0.5, 0.6) is 0 Å². The van der Waals surface area contributed by atoms with E-state index in [1.165, 1.54) is 0 Å². The van der Waals surface area contributed by atoms with Crippen molar-refractivity contribution in [2.45, 2.75) is 83.0 Å². The SMILES string of the molecule is CN(C)C(=O)CCc1nc2c(N3CC(N(C)C)C3)nc3c(Cc4ccccc4)c(Cl)c(CCC#N)cc3c2n1C1C2CC1N(C(=O)OC(C)(C)C)C2. The average Bonchev–Trinajstić information content (AvgIpc) is 3.76. The Labute approximate surface area is 311 Å². The third-order valence-corrected chi connectivity index (χ3v) is 11.4. The molecule has 2 aromatic carbocycles. The van der Waals surface area contributed by atoms with Crippen molar-refractivity contribution in [3.8, 4) is 6.07 Å². The predicted molar refractivity (Wildman–Crippen MR) is 204 cm³/mol. The summed E-state index contributed by atoms with van der Waals surface area (Å²) in [6, 6.07) is 15.0. The fraction of sp³-hybridized carbons (Fsp3) is 0.525. The van der Waals surface area contributed by atoms with Crippen LogP contribution < -0.4 is 4.90 Å². The van der Waals surface area contributed by atoms with Crippen LogP contribution in [0.1, 0.15) is 68.6 Å². The highest BCUT2D eigenvalue weighted by Gasteiger charge is 2.56. The molecule has 52 heavy (non-hydrogen) atoms. The highest BCUT2D eigenvalue weighted by atomic mass is 35.5. The zero-order chi connectivity index (χ0) is 37.1. The number of hydrogen-bond acceptors (Lipinski definition) is 8. The lowest BCUT2D eigenvalue weighted by Gasteiger charge is -2.43. The van der Waals surface area contributed by atoms with Crippen LogP contribution in [0.25, 0.3) is 21.9 Å². The summed E-state index contributed by atoms with van der Waals surface area (Å²) in [5, 5.41) is 11.2. The van der Waals surface area contributed by atoms with E-state index in [2.05, 4.69) is 52.7 Å². The molecule has 0 spiro atoms. The monoisotopic (exact) mass is 724 g/mol. The highest BCUT2D eigenvalue weighted by Crippen LogP contribution is 2.53. The molecule has 2 amide bonds. The minimum absolute atomic E-state index is 0.0288. The first-order valence-corrected chi connectivity index (χ1v) is 18.7. The number of aryl methyl sites for hydroxylation is 2. The molecule has 2 aromatic heterocycles. The van der Waals surface area contributed by atoms with E-state index in [4.69, 9.17) is 26.3 Å². The first kappa shape index (κ1) is 36.0. The summed E-state index contributed by atoms with van der Waals surface area (Å²) in [5.74, 6) is 1.86. The van der Waals surface area contributed by atoms with Gasteiger partial charge in [0.2, 0.25) is 5.91 Å². The number of halogens is 1. The van der Waals surface area contributed by atoms with Gasteiger partial charge in [-0.25, -0.2) is 14.8 Å². The van der Waals surface area contributed by atoms with E-state index in [-0.39, 0.29) is 30.0 Å². The second-order valence-corrected chi connectivity index (χ2v) is 16.5.